The maximum absolute atomic E-state index is 6.25. The van der Waals surface area contributed by atoms with Crippen molar-refractivity contribution >= 4 is 5.96 Å². The van der Waals surface area contributed by atoms with E-state index < -0.39 is 5.66 Å². The van der Waals surface area contributed by atoms with Gasteiger partial charge in [-0.15, -0.1) is 0 Å². The molecule has 0 bridgehead atoms. The first-order valence-corrected chi connectivity index (χ1v) is 5.31. The predicted octanol–water partition coefficient (Wildman–Crippen LogP) is 0.376. The summed E-state index contributed by atoms with van der Waals surface area (Å²) in [5.41, 5.74) is 12.9. The van der Waals surface area contributed by atoms with Crippen molar-refractivity contribution in [3.63, 3.8) is 0 Å². The van der Waals surface area contributed by atoms with Gasteiger partial charge in [0.25, 0.3) is 0 Å². The van der Waals surface area contributed by atoms with Gasteiger partial charge in [-0.1, -0.05) is 24.3 Å². The van der Waals surface area contributed by atoms with Crippen LogP contribution in [0.25, 0.3) is 0 Å². The maximum atomic E-state index is 6.25. The van der Waals surface area contributed by atoms with E-state index >= 15 is 0 Å². The van der Waals surface area contributed by atoms with E-state index in [2.05, 4.69) is 10.3 Å². The van der Waals surface area contributed by atoms with Crippen LogP contribution in [0, 0.1) is 0 Å². The van der Waals surface area contributed by atoms with Gasteiger partial charge in [0, 0.05) is 18.9 Å². The molecule has 17 heavy (non-hydrogen) atoms. The van der Waals surface area contributed by atoms with E-state index in [0.29, 0.717) is 12.6 Å². The Kier molecular flexibility index (Phi) is 3.12. The largest absolute Gasteiger partial charge is 0.380 e. The van der Waals surface area contributed by atoms with Crippen LogP contribution in [0.5, 0.6) is 0 Å². The van der Waals surface area contributed by atoms with Crippen molar-refractivity contribution in [1.82, 2.24) is 5.32 Å². The molecule has 1 unspecified atom stereocenters. The molecule has 0 fully saturated rings. The molecule has 90 valence electrons. The average Bonchev–Trinajstić information content (AvgIpc) is 2.30. The number of hydrogen-bond acceptors (Lipinski definition) is 5. The molecule has 0 amide bonds. The Hall–Kier alpha value is -1.85. The molecule has 1 aliphatic rings. The van der Waals surface area contributed by atoms with E-state index in [1.807, 2.05) is 24.3 Å². The van der Waals surface area contributed by atoms with E-state index in [0.717, 1.165) is 11.1 Å². The van der Waals surface area contributed by atoms with Crippen molar-refractivity contribution in [3.05, 3.63) is 47.7 Å². The lowest BCUT2D eigenvalue weighted by Crippen LogP contribution is -2.42. The molecule has 0 radical (unpaired) electrons. The Balaban J connectivity index is 2.45. The van der Waals surface area contributed by atoms with Crippen molar-refractivity contribution < 1.29 is 4.74 Å². The van der Waals surface area contributed by atoms with Crippen LogP contribution in [0.4, 0.5) is 0 Å². The number of nitrogens with one attached hydrogen (secondary N) is 1. The van der Waals surface area contributed by atoms with Gasteiger partial charge in [0.2, 0.25) is 0 Å². The van der Waals surface area contributed by atoms with E-state index in [9.17, 15) is 0 Å². The fourth-order valence-corrected chi connectivity index (χ4v) is 1.87. The molecule has 0 spiro atoms. The third-order valence-electron chi connectivity index (χ3n) is 2.62. The highest BCUT2D eigenvalue weighted by Crippen LogP contribution is 2.26. The topological polar surface area (TPSA) is 85.7 Å². The first-order valence-electron chi connectivity index (χ1n) is 5.31. The number of rotatable bonds is 3. The molecule has 5 N–H and O–H groups in total. The summed E-state index contributed by atoms with van der Waals surface area (Å²) in [5, 5.41) is 2.79. The summed E-state index contributed by atoms with van der Waals surface area (Å²) in [6.45, 7) is 0.492. The molecule has 1 heterocycles. The molecule has 0 saturated carbocycles. The summed E-state index contributed by atoms with van der Waals surface area (Å²) in [6, 6.07) is 7.76. The summed E-state index contributed by atoms with van der Waals surface area (Å²) in [4.78, 5) is 4.25. The van der Waals surface area contributed by atoms with Crippen molar-refractivity contribution in [3.8, 4) is 0 Å². The zero-order valence-electron chi connectivity index (χ0n) is 9.68. The van der Waals surface area contributed by atoms with Crippen LogP contribution in [0.15, 0.2) is 41.5 Å². The minimum atomic E-state index is -0.926. The number of benzene rings is 1. The van der Waals surface area contributed by atoms with E-state index in [1.165, 1.54) is 0 Å². The molecule has 0 saturated heterocycles. The van der Waals surface area contributed by atoms with E-state index in [-0.39, 0.29) is 0 Å². The van der Waals surface area contributed by atoms with Gasteiger partial charge in [0.05, 0.1) is 6.61 Å². The van der Waals surface area contributed by atoms with Crippen LogP contribution in [0.3, 0.4) is 0 Å². The predicted molar refractivity (Wildman–Crippen MR) is 66.9 cm³/mol. The highest BCUT2D eigenvalue weighted by molar-refractivity contribution is 5.80. The number of hydrogen-bond donors (Lipinski definition) is 3. The number of aliphatic imine (C=N–C) groups is 1. The van der Waals surface area contributed by atoms with Gasteiger partial charge >= 0.3 is 0 Å². The minimum Gasteiger partial charge on any atom is -0.380 e. The summed E-state index contributed by atoms with van der Waals surface area (Å²) >= 11 is 0. The second-order valence-electron chi connectivity index (χ2n) is 3.89. The highest BCUT2D eigenvalue weighted by atomic mass is 16.5. The maximum Gasteiger partial charge on any atom is 0.195 e. The summed E-state index contributed by atoms with van der Waals surface area (Å²) in [6.07, 6.45) is 3.48. The normalized spacial score (nSPS) is 23.1. The smallest absolute Gasteiger partial charge is 0.195 e. The van der Waals surface area contributed by atoms with Crippen LogP contribution in [0.1, 0.15) is 11.1 Å². The van der Waals surface area contributed by atoms with Gasteiger partial charge in [-0.05, 0) is 11.6 Å². The van der Waals surface area contributed by atoms with Gasteiger partial charge < -0.3 is 15.8 Å². The van der Waals surface area contributed by atoms with Gasteiger partial charge in [-0.3, -0.25) is 5.73 Å². The molecular weight excluding hydrogens is 216 g/mol. The summed E-state index contributed by atoms with van der Waals surface area (Å²) in [7, 11) is 1.65. The Morgan fingerprint density at radius 1 is 1.41 bits per heavy atom. The van der Waals surface area contributed by atoms with Crippen LogP contribution in [-0.4, -0.2) is 13.1 Å². The number of nitrogens with zero attached hydrogens (tertiary/aromatic N) is 1. The van der Waals surface area contributed by atoms with Crippen LogP contribution in [-0.2, 0) is 17.0 Å². The zero-order chi connectivity index (χ0) is 12.3. The number of ether oxygens (including phenoxy) is 1. The van der Waals surface area contributed by atoms with Gasteiger partial charge in [0.1, 0.15) is 0 Å². The highest BCUT2D eigenvalue weighted by Gasteiger charge is 2.28. The molecule has 0 aromatic heterocycles. The third kappa shape index (κ3) is 2.30. The fraction of sp³-hybridized carbons (Fsp3) is 0.250. The van der Waals surface area contributed by atoms with Crippen molar-refractivity contribution in [2.75, 3.05) is 7.11 Å². The van der Waals surface area contributed by atoms with Gasteiger partial charge in [-0.25, -0.2) is 4.99 Å². The average molecular weight is 232 g/mol. The standard InChI is InChI=1S/C12H16N4O/c1-17-8-9-4-2-3-5-10(9)12(14)6-7-15-11(13)16-12/h2-7H,8,14H2,1H3,(H3,13,15,16). The van der Waals surface area contributed by atoms with Gasteiger partial charge in [-0.2, -0.15) is 0 Å². The molecule has 1 aromatic rings. The Morgan fingerprint density at radius 3 is 2.88 bits per heavy atom. The second kappa shape index (κ2) is 4.57. The van der Waals surface area contributed by atoms with Crippen molar-refractivity contribution in [2.45, 2.75) is 12.3 Å². The monoisotopic (exact) mass is 232 g/mol. The number of nitrogens with two attached hydrogens (primary N) is 2. The molecule has 1 aliphatic heterocycles. The second-order valence-corrected chi connectivity index (χ2v) is 3.89. The third-order valence-corrected chi connectivity index (χ3v) is 2.62. The molecule has 2 rings (SSSR count). The molecule has 0 aliphatic carbocycles. The SMILES string of the molecule is COCc1ccccc1C1(N)C=CNC(N)=N1. The Morgan fingerprint density at radius 2 is 2.18 bits per heavy atom. The summed E-state index contributed by atoms with van der Waals surface area (Å²) in [5.74, 6) is 0.308. The van der Waals surface area contributed by atoms with Crippen LogP contribution in [0.2, 0.25) is 0 Å². The van der Waals surface area contributed by atoms with Crippen LogP contribution >= 0.6 is 0 Å². The van der Waals surface area contributed by atoms with Crippen molar-refractivity contribution in [1.29, 1.82) is 0 Å². The Bertz CT molecular complexity index is 469. The first-order chi connectivity index (χ1) is 8.15. The lowest BCUT2D eigenvalue weighted by atomic mass is 9.95. The number of guanidine groups is 1. The van der Waals surface area contributed by atoms with Crippen LogP contribution < -0.4 is 16.8 Å². The number of methoxy groups -OCH3 is 1. The lowest BCUT2D eigenvalue weighted by molar-refractivity contribution is 0.183. The molecule has 5 heteroatoms. The molecular formula is C12H16N4O. The first kappa shape index (κ1) is 11.6. The fourth-order valence-electron chi connectivity index (χ4n) is 1.87. The Labute approximate surface area is 100 Å². The van der Waals surface area contributed by atoms with Gasteiger partial charge in [0.15, 0.2) is 11.6 Å². The molecule has 1 atom stereocenters. The van der Waals surface area contributed by atoms with E-state index in [4.69, 9.17) is 16.2 Å². The molecule has 5 nitrogen and oxygen atoms in total. The quantitative estimate of drug-likeness (QED) is 0.703. The van der Waals surface area contributed by atoms with E-state index in [1.54, 1.807) is 19.4 Å². The zero-order valence-corrected chi connectivity index (χ0v) is 9.68. The molecule has 1 aromatic carbocycles. The van der Waals surface area contributed by atoms with Crippen molar-refractivity contribution in [2.24, 2.45) is 16.5 Å². The minimum absolute atomic E-state index is 0.308. The summed E-state index contributed by atoms with van der Waals surface area (Å²) < 4.78 is 5.16. The lowest BCUT2D eigenvalue weighted by Gasteiger charge is -2.27.